The molecule has 1 spiro atoms. The summed E-state index contributed by atoms with van der Waals surface area (Å²) in [5.41, 5.74) is 1.04. The Hall–Kier alpha value is 0.110. The zero-order valence-corrected chi connectivity index (χ0v) is 11.2. The molecule has 1 saturated carbocycles. The van der Waals surface area contributed by atoms with Gasteiger partial charge in [-0.3, -0.25) is 9.11 Å². The van der Waals surface area contributed by atoms with Gasteiger partial charge in [-0.05, 0) is 36.6 Å². The summed E-state index contributed by atoms with van der Waals surface area (Å²) in [6, 6.07) is 0. The van der Waals surface area contributed by atoms with Crippen LogP contribution in [0.4, 0.5) is 0 Å². The molecule has 2 rings (SSSR count). The lowest BCUT2D eigenvalue weighted by atomic mass is 9.54. The summed E-state index contributed by atoms with van der Waals surface area (Å²) >= 11 is 0. The molecule has 0 aromatic heterocycles. The lowest BCUT2D eigenvalue weighted by Gasteiger charge is -2.51. The molecule has 3 heteroatoms. The van der Waals surface area contributed by atoms with E-state index in [0.717, 1.165) is 13.0 Å². The summed E-state index contributed by atoms with van der Waals surface area (Å²) in [6.45, 7) is 9.11. The first-order valence-corrected chi connectivity index (χ1v) is 7.56. The van der Waals surface area contributed by atoms with Gasteiger partial charge in [0.1, 0.15) is 0 Å². The molecule has 15 heavy (non-hydrogen) atoms. The molecular weight excluding hydrogens is 206 g/mol. The van der Waals surface area contributed by atoms with E-state index in [1.165, 1.54) is 19.4 Å². The second-order valence-electron chi connectivity index (χ2n) is 6.24. The lowest BCUT2D eigenvalue weighted by molar-refractivity contribution is -0.00376. The number of hydrogen-bond donors (Lipinski definition) is 0. The summed E-state index contributed by atoms with van der Waals surface area (Å²) in [7, 11) is -0.684. The molecular formula is C12H23NOS. The van der Waals surface area contributed by atoms with Crippen molar-refractivity contribution < 1.29 is 4.21 Å². The van der Waals surface area contributed by atoms with Gasteiger partial charge in [-0.2, -0.15) is 0 Å². The van der Waals surface area contributed by atoms with E-state index < -0.39 is 10.8 Å². The highest BCUT2D eigenvalue weighted by molar-refractivity contribution is 7.84. The maximum absolute atomic E-state index is 11.7. The summed E-state index contributed by atoms with van der Waals surface area (Å²) in [5, 5.41) is 0.325. The minimum absolute atomic E-state index is 0.325. The van der Waals surface area contributed by atoms with Crippen LogP contribution in [0.3, 0.4) is 0 Å². The van der Waals surface area contributed by atoms with E-state index in [0.29, 0.717) is 16.2 Å². The predicted octanol–water partition coefficient (Wildman–Crippen LogP) is 2.22. The standard InChI is InChI=1S/C12H23NOS/c1-5-13-9-12(6-10(13)15(4)14)7-11(2,3)8-12/h10H,5-9H2,1-4H3. The van der Waals surface area contributed by atoms with E-state index in [9.17, 15) is 4.21 Å². The zero-order valence-electron chi connectivity index (χ0n) is 10.4. The molecule has 88 valence electrons. The van der Waals surface area contributed by atoms with Gasteiger partial charge in [0, 0.05) is 23.6 Å². The van der Waals surface area contributed by atoms with Crippen LogP contribution in [0.2, 0.25) is 0 Å². The SMILES string of the molecule is CCN1CC2(CC1S(C)=O)CC(C)(C)C2. The van der Waals surface area contributed by atoms with Gasteiger partial charge in [0.15, 0.2) is 0 Å². The highest BCUT2D eigenvalue weighted by Crippen LogP contribution is 2.59. The molecule has 0 bridgehead atoms. The lowest BCUT2D eigenvalue weighted by Crippen LogP contribution is -2.44. The molecule has 0 radical (unpaired) electrons. The highest BCUT2D eigenvalue weighted by atomic mass is 32.2. The van der Waals surface area contributed by atoms with Gasteiger partial charge < -0.3 is 0 Å². The maximum Gasteiger partial charge on any atom is 0.0863 e. The molecule has 2 unspecified atom stereocenters. The van der Waals surface area contributed by atoms with E-state index in [1.54, 1.807) is 0 Å². The summed E-state index contributed by atoms with van der Waals surface area (Å²) < 4.78 is 11.7. The normalized spacial score (nSPS) is 35.3. The number of hydrogen-bond acceptors (Lipinski definition) is 2. The Balaban J connectivity index is 2.06. The van der Waals surface area contributed by atoms with Crippen molar-refractivity contribution in [3.8, 4) is 0 Å². The van der Waals surface area contributed by atoms with Crippen LogP contribution < -0.4 is 0 Å². The number of likely N-dealkylation sites (tertiary alicyclic amines) is 1. The molecule has 1 aliphatic heterocycles. The van der Waals surface area contributed by atoms with E-state index in [4.69, 9.17) is 0 Å². The Morgan fingerprint density at radius 1 is 1.40 bits per heavy atom. The molecule has 1 saturated heterocycles. The first-order chi connectivity index (χ1) is 6.87. The average molecular weight is 229 g/mol. The van der Waals surface area contributed by atoms with Crippen molar-refractivity contribution >= 4 is 10.8 Å². The number of nitrogens with zero attached hydrogens (tertiary/aromatic N) is 1. The molecule has 0 amide bonds. The van der Waals surface area contributed by atoms with Crippen LogP contribution in [0.15, 0.2) is 0 Å². The second kappa shape index (κ2) is 3.56. The molecule has 1 aliphatic carbocycles. The largest absolute Gasteiger partial charge is 0.289 e. The van der Waals surface area contributed by atoms with Crippen molar-refractivity contribution in [1.29, 1.82) is 0 Å². The fourth-order valence-corrected chi connectivity index (χ4v) is 5.21. The van der Waals surface area contributed by atoms with Gasteiger partial charge in [0.25, 0.3) is 0 Å². The minimum atomic E-state index is -0.684. The van der Waals surface area contributed by atoms with Crippen LogP contribution in [-0.4, -0.2) is 33.8 Å². The van der Waals surface area contributed by atoms with Gasteiger partial charge in [0.05, 0.1) is 5.37 Å². The topological polar surface area (TPSA) is 20.3 Å². The van der Waals surface area contributed by atoms with Crippen LogP contribution in [0.1, 0.15) is 40.0 Å². The third-order valence-corrected chi connectivity index (χ3v) is 5.28. The van der Waals surface area contributed by atoms with Gasteiger partial charge in [-0.15, -0.1) is 0 Å². The molecule has 2 fully saturated rings. The molecule has 0 aromatic carbocycles. The first kappa shape index (κ1) is 11.6. The van der Waals surface area contributed by atoms with Crippen molar-refractivity contribution in [2.24, 2.45) is 10.8 Å². The van der Waals surface area contributed by atoms with Gasteiger partial charge in [0.2, 0.25) is 0 Å². The average Bonchev–Trinajstić information content (AvgIpc) is 2.41. The van der Waals surface area contributed by atoms with Crippen LogP contribution in [0.5, 0.6) is 0 Å². The van der Waals surface area contributed by atoms with E-state index >= 15 is 0 Å². The summed E-state index contributed by atoms with van der Waals surface area (Å²) in [4.78, 5) is 2.42. The highest BCUT2D eigenvalue weighted by Gasteiger charge is 2.55. The minimum Gasteiger partial charge on any atom is -0.289 e. The summed E-state index contributed by atoms with van der Waals surface area (Å²) in [5.74, 6) is 0. The van der Waals surface area contributed by atoms with Crippen molar-refractivity contribution in [1.82, 2.24) is 4.90 Å². The monoisotopic (exact) mass is 229 g/mol. The molecule has 2 atom stereocenters. The number of rotatable bonds is 2. The Morgan fingerprint density at radius 2 is 2.00 bits per heavy atom. The van der Waals surface area contributed by atoms with Gasteiger partial charge in [-0.1, -0.05) is 20.8 Å². The van der Waals surface area contributed by atoms with Crippen LogP contribution in [-0.2, 0) is 10.8 Å². The third-order valence-electron chi connectivity index (χ3n) is 4.05. The molecule has 0 aromatic rings. The molecule has 2 aliphatic rings. The van der Waals surface area contributed by atoms with Crippen molar-refractivity contribution in [3.05, 3.63) is 0 Å². The fraction of sp³-hybridized carbons (Fsp3) is 1.00. The van der Waals surface area contributed by atoms with Crippen molar-refractivity contribution in [2.45, 2.75) is 45.4 Å². The van der Waals surface area contributed by atoms with Crippen molar-refractivity contribution in [3.63, 3.8) is 0 Å². The first-order valence-electron chi connectivity index (χ1n) is 5.94. The quantitative estimate of drug-likeness (QED) is 0.723. The second-order valence-corrected chi connectivity index (χ2v) is 7.78. The Bertz CT molecular complexity index is 279. The van der Waals surface area contributed by atoms with E-state index in [2.05, 4.69) is 25.7 Å². The predicted molar refractivity (Wildman–Crippen MR) is 65.2 cm³/mol. The third kappa shape index (κ3) is 2.01. The van der Waals surface area contributed by atoms with Crippen LogP contribution in [0.25, 0.3) is 0 Å². The van der Waals surface area contributed by atoms with Crippen LogP contribution >= 0.6 is 0 Å². The Labute approximate surface area is 95.9 Å². The van der Waals surface area contributed by atoms with E-state index in [1.807, 2.05) is 6.26 Å². The molecule has 0 N–H and O–H groups in total. The zero-order chi connectivity index (χ0) is 11.3. The fourth-order valence-electron chi connectivity index (χ4n) is 3.97. The van der Waals surface area contributed by atoms with Crippen LogP contribution in [0, 0.1) is 10.8 Å². The molecule has 1 heterocycles. The Kier molecular flexibility index (Phi) is 2.75. The maximum atomic E-state index is 11.7. The Morgan fingerprint density at radius 3 is 2.33 bits per heavy atom. The summed E-state index contributed by atoms with van der Waals surface area (Å²) in [6.07, 6.45) is 5.66. The van der Waals surface area contributed by atoms with Gasteiger partial charge in [-0.25, -0.2) is 0 Å². The van der Waals surface area contributed by atoms with E-state index in [-0.39, 0.29) is 0 Å². The van der Waals surface area contributed by atoms with Crippen molar-refractivity contribution in [2.75, 3.05) is 19.3 Å². The van der Waals surface area contributed by atoms with Gasteiger partial charge >= 0.3 is 0 Å². The smallest absolute Gasteiger partial charge is 0.0863 e. The molecule has 2 nitrogen and oxygen atoms in total.